The summed E-state index contributed by atoms with van der Waals surface area (Å²) in [5.74, 6) is 1.57. The summed E-state index contributed by atoms with van der Waals surface area (Å²) in [5, 5.41) is 8.53. The van der Waals surface area contributed by atoms with Gasteiger partial charge in [-0.05, 0) is 37.6 Å². The van der Waals surface area contributed by atoms with Gasteiger partial charge in [0.25, 0.3) is 0 Å². The van der Waals surface area contributed by atoms with E-state index in [1.807, 2.05) is 50.2 Å². The molecule has 0 spiro atoms. The summed E-state index contributed by atoms with van der Waals surface area (Å²) in [6.07, 6.45) is 1.78. The molecule has 4 nitrogen and oxygen atoms in total. The average molecular weight is 406 g/mol. The van der Waals surface area contributed by atoms with Crippen molar-refractivity contribution in [3.05, 3.63) is 64.1 Å². The van der Waals surface area contributed by atoms with Crippen LogP contribution in [-0.4, -0.2) is 17.5 Å². The zero-order valence-electron chi connectivity index (χ0n) is 13.6. The standard InChI is InChI=1S/C18H20BrN3OS/c1-13(2)23-16-8-9-17(19)15(10-16)11-21-22-18(20)24-12-14-6-4-3-5-7-14/h3-11,13H,12H2,1-2H3,(H2,20,22). The maximum absolute atomic E-state index is 5.88. The summed E-state index contributed by atoms with van der Waals surface area (Å²) in [4.78, 5) is 0. The summed E-state index contributed by atoms with van der Waals surface area (Å²) >= 11 is 4.95. The van der Waals surface area contributed by atoms with Crippen molar-refractivity contribution in [3.63, 3.8) is 0 Å². The van der Waals surface area contributed by atoms with Gasteiger partial charge in [-0.3, -0.25) is 0 Å². The lowest BCUT2D eigenvalue weighted by Gasteiger charge is -2.10. The molecule has 0 bridgehead atoms. The topological polar surface area (TPSA) is 60.0 Å². The second-order valence-electron chi connectivity index (χ2n) is 5.31. The number of hydrogen-bond acceptors (Lipinski definition) is 4. The quantitative estimate of drug-likeness (QED) is 0.425. The van der Waals surface area contributed by atoms with Gasteiger partial charge in [-0.1, -0.05) is 58.0 Å². The third-order valence-corrected chi connectivity index (χ3v) is 4.50. The maximum Gasteiger partial charge on any atom is 0.180 e. The van der Waals surface area contributed by atoms with Gasteiger partial charge in [-0.2, -0.15) is 5.10 Å². The lowest BCUT2D eigenvalue weighted by molar-refractivity contribution is 0.242. The Labute approximate surface area is 155 Å². The molecule has 0 aromatic heterocycles. The van der Waals surface area contributed by atoms with Crippen molar-refractivity contribution in [1.82, 2.24) is 0 Å². The molecule has 2 aromatic carbocycles. The van der Waals surface area contributed by atoms with Crippen LogP contribution in [0.4, 0.5) is 0 Å². The zero-order valence-corrected chi connectivity index (χ0v) is 16.0. The molecule has 2 aromatic rings. The molecule has 0 saturated carbocycles. The monoisotopic (exact) mass is 405 g/mol. The predicted molar refractivity (Wildman–Crippen MR) is 107 cm³/mol. The summed E-state index contributed by atoms with van der Waals surface area (Å²) < 4.78 is 6.60. The summed E-state index contributed by atoms with van der Waals surface area (Å²) in [5.41, 5.74) is 7.97. The molecule has 2 N–H and O–H groups in total. The van der Waals surface area contributed by atoms with Crippen LogP contribution in [0.3, 0.4) is 0 Å². The van der Waals surface area contributed by atoms with Crippen molar-refractivity contribution in [2.24, 2.45) is 15.9 Å². The van der Waals surface area contributed by atoms with E-state index in [4.69, 9.17) is 10.5 Å². The first-order valence-corrected chi connectivity index (χ1v) is 9.32. The van der Waals surface area contributed by atoms with Gasteiger partial charge in [0.05, 0.1) is 12.3 Å². The Bertz CT molecular complexity index is 717. The van der Waals surface area contributed by atoms with Crippen molar-refractivity contribution in [3.8, 4) is 5.75 Å². The van der Waals surface area contributed by atoms with Gasteiger partial charge >= 0.3 is 0 Å². The molecular weight excluding hydrogens is 386 g/mol. The Kier molecular flexibility index (Phi) is 7.34. The minimum absolute atomic E-state index is 0.124. The highest BCUT2D eigenvalue weighted by atomic mass is 79.9. The van der Waals surface area contributed by atoms with Gasteiger partial charge in [0.2, 0.25) is 0 Å². The Morgan fingerprint density at radius 2 is 2.00 bits per heavy atom. The molecule has 0 heterocycles. The Morgan fingerprint density at radius 3 is 2.71 bits per heavy atom. The van der Waals surface area contributed by atoms with Crippen LogP contribution < -0.4 is 10.5 Å². The van der Waals surface area contributed by atoms with Crippen LogP contribution in [-0.2, 0) is 5.75 Å². The van der Waals surface area contributed by atoms with Crippen molar-refractivity contribution in [2.45, 2.75) is 25.7 Å². The fourth-order valence-electron chi connectivity index (χ4n) is 1.87. The molecule has 0 saturated heterocycles. The minimum atomic E-state index is 0.124. The van der Waals surface area contributed by atoms with Crippen molar-refractivity contribution < 1.29 is 4.74 Å². The SMILES string of the molecule is CC(C)Oc1ccc(Br)c(C=NN=C(N)SCc2ccccc2)c1. The predicted octanol–water partition coefficient (Wildman–Crippen LogP) is 4.82. The summed E-state index contributed by atoms with van der Waals surface area (Å²) in [6.45, 7) is 3.98. The van der Waals surface area contributed by atoms with Crippen LogP contribution in [0.1, 0.15) is 25.0 Å². The van der Waals surface area contributed by atoms with Crippen molar-refractivity contribution >= 4 is 39.1 Å². The molecule has 0 aliphatic heterocycles. The minimum Gasteiger partial charge on any atom is -0.491 e. The molecule has 0 fully saturated rings. The van der Waals surface area contributed by atoms with E-state index in [1.54, 1.807) is 6.21 Å². The van der Waals surface area contributed by atoms with E-state index in [0.29, 0.717) is 5.17 Å². The number of ether oxygens (including phenoxy) is 1. The van der Waals surface area contributed by atoms with Crippen LogP contribution in [0.2, 0.25) is 0 Å². The molecule has 0 atom stereocenters. The number of benzene rings is 2. The van der Waals surface area contributed by atoms with Gasteiger partial charge in [-0.25, -0.2) is 0 Å². The first kappa shape index (κ1) is 18.5. The Hall–Kier alpha value is -1.79. The van der Waals surface area contributed by atoms with E-state index in [1.165, 1.54) is 17.3 Å². The van der Waals surface area contributed by atoms with E-state index < -0.39 is 0 Å². The van der Waals surface area contributed by atoms with Gasteiger partial charge in [-0.15, -0.1) is 5.10 Å². The van der Waals surface area contributed by atoms with E-state index in [-0.39, 0.29) is 6.10 Å². The third kappa shape index (κ3) is 6.37. The number of nitrogens with two attached hydrogens (primary N) is 1. The van der Waals surface area contributed by atoms with E-state index >= 15 is 0 Å². The average Bonchev–Trinajstić information content (AvgIpc) is 2.56. The second-order valence-corrected chi connectivity index (χ2v) is 7.16. The number of hydrogen-bond donors (Lipinski definition) is 1. The lowest BCUT2D eigenvalue weighted by Crippen LogP contribution is -2.06. The van der Waals surface area contributed by atoms with Crippen LogP contribution in [0.25, 0.3) is 0 Å². The zero-order chi connectivity index (χ0) is 17.4. The second kappa shape index (κ2) is 9.49. The fourth-order valence-corrected chi connectivity index (χ4v) is 2.84. The smallest absolute Gasteiger partial charge is 0.180 e. The molecule has 0 aliphatic carbocycles. The maximum atomic E-state index is 5.88. The molecule has 0 unspecified atom stereocenters. The molecule has 24 heavy (non-hydrogen) atoms. The summed E-state index contributed by atoms with van der Waals surface area (Å²) in [6, 6.07) is 15.9. The normalized spacial score (nSPS) is 12.1. The van der Waals surface area contributed by atoms with Crippen molar-refractivity contribution in [2.75, 3.05) is 0 Å². The largest absolute Gasteiger partial charge is 0.491 e. The van der Waals surface area contributed by atoms with Crippen LogP contribution >= 0.6 is 27.7 Å². The van der Waals surface area contributed by atoms with Gasteiger partial charge in [0.15, 0.2) is 5.17 Å². The van der Waals surface area contributed by atoms with Gasteiger partial charge in [0.1, 0.15) is 5.75 Å². The van der Waals surface area contributed by atoms with Gasteiger partial charge in [0, 0.05) is 15.8 Å². The highest BCUT2D eigenvalue weighted by molar-refractivity contribution is 9.10. The highest BCUT2D eigenvalue weighted by Crippen LogP contribution is 2.22. The molecule has 126 valence electrons. The Balaban J connectivity index is 1.96. The summed E-state index contributed by atoms with van der Waals surface area (Å²) in [7, 11) is 0. The van der Waals surface area contributed by atoms with Crippen LogP contribution in [0, 0.1) is 0 Å². The van der Waals surface area contributed by atoms with Crippen molar-refractivity contribution in [1.29, 1.82) is 0 Å². The first-order valence-electron chi connectivity index (χ1n) is 7.54. The number of nitrogens with zero attached hydrogens (tertiary/aromatic N) is 2. The van der Waals surface area contributed by atoms with E-state index in [9.17, 15) is 0 Å². The molecule has 0 amide bonds. The van der Waals surface area contributed by atoms with Gasteiger partial charge < -0.3 is 10.5 Å². The molecular formula is C18H20BrN3OS. The highest BCUT2D eigenvalue weighted by Gasteiger charge is 2.02. The Morgan fingerprint density at radius 1 is 1.25 bits per heavy atom. The molecule has 2 rings (SSSR count). The number of rotatable bonds is 6. The van der Waals surface area contributed by atoms with E-state index in [0.717, 1.165) is 21.5 Å². The fraction of sp³-hybridized carbons (Fsp3) is 0.222. The first-order chi connectivity index (χ1) is 11.5. The lowest BCUT2D eigenvalue weighted by atomic mass is 10.2. The van der Waals surface area contributed by atoms with Crippen LogP contribution in [0.5, 0.6) is 5.75 Å². The van der Waals surface area contributed by atoms with E-state index in [2.05, 4.69) is 38.3 Å². The molecule has 0 radical (unpaired) electrons. The number of thioether (sulfide) groups is 1. The number of halogens is 1. The molecule has 0 aliphatic rings. The molecule has 6 heteroatoms. The third-order valence-electron chi connectivity index (χ3n) is 2.92. The van der Waals surface area contributed by atoms with Crippen LogP contribution in [0.15, 0.2) is 63.2 Å². The number of amidine groups is 1.